The summed E-state index contributed by atoms with van der Waals surface area (Å²) in [7, 11) is 0. The number of aromatic nitrogens is 4. The van der Waals surface area contributed by atoms with Crippen molar-refractivity contribution in [2.75, 3.05) is 31.6 Å². The molecule has 0 aromatic carbocycles. The SMILES string of the molecule is C=Cc1cc(-c2ccc3c(n2)C(CC(F)F)C(C)=N3)c2cnc(N[C@H]3CCN(C4COC4)C[C@H]3F)nn12. The van der Waals surface area contributed by atoms with E-state index in [-0.39, 0.29) is 12.5 Å². The Bertz CT molecular complexity index is 1370. The third-order valence-corrected chi connectivity index (χ3v) is 7.50. The highest BCUT2D eigenvalue weighted by atomic mass is 19.3. The van der Waals surface area contributed by atoms with Crippen LogP contribution in [0.4, 0.5) is 24.8 Å². The lowest BCUT2D eigenvalue weighted by Crippen LogP contribution is -2.57. The van der Waals surface area contributed by atoms with E-state index in [1.807, 2.05) is 18.2 Å². The summed E-state index contributed by atoms with van der Waals surface area (Å²) in [4.78, 5) is 15.8. The van der Waals surface area contributed by atoms with Gasteiger partial charge in [-0.1, -0.05) is 6.58 Å². The Kier molecular flexibility index (Phi) is 6.20. The van der Waals surface area contributed by atoms with Crippen LogP contribution < -0.4 is 5.32 Å². The number of anilines is 1. The molecule has 3 aromatic heterocycles. The molecule has 0 aliphatic carbocycles. The summed E-state index contributed by atoms with van der Waals surface area (Å²) in [5, 5.41) is 7.78. The zero-order chi connectivity index (χ0) is 25.7. The Morgan fingerprint density at radius 3 is 2.84 bits per heavy atom. The van der Waals surface area contributed by atoms with Gasteiger partial charge < -0.3 is 10.1 Å². The minimum Gasteiger partial charge on any atom is -0.378 e. The molecule has 0 amide bonds. The zero-order valence-electron chi connectivity index (χ0n) is 20.4. The van der Waals surface area contributed by atoms with Crippen molar-refractivity contribution < 1.29 is 17.9 Å². The molecule has 3 aliphatic heterocycles. The molecule has 0 spiro atoms. The number of rotatable bonds is 7. The number of piperidine rings is 1. The van der Waals surface area contributed by atoms with E-state index in [4.69, 9.17) is 9.72 Å². The fourth-order valence-corrected chi connectivity index (χ4v) is 5.35. The molecule has 0 radical (unpaired) electrons. The van der Waals surface area contributed by atoms with Crippen LogP contribution in [0.25, 0.3) is 22.9 Å². The van der Waals surface area contributed by atoms with Crippen molar-refractivity contribution in [2.45, 2.75) is 50.4 Å². The first-order chi connectivity index (χ1) is 17.9. The fraction of sp³-hybridized carbons (Fsp3) is 0.462. The monoisotopic (exact) mass is 511 g/mol. The van der Waals surface area contributed by atoms with Crippen molar-refractivity contribution in [3.63, 3.8) is 0 Å². The van der Waals surface area contributed by atoms with E-state index in [1.165, 1.54) is 0 Å². The second-order valence-corrected chi connectivity index (χ2v) is 9.84. The summed E-state index contributed by atoms with van der Waals surface area (Å²) in [6.45, 7) is 8.15. The van der Waals surface area contributed by atoms with Gasteiger partial charge in [-0.25, -0.2) is 27.7 Å². The number of aliphatic imine (C=N–C) groups is 1. The summed E-state index contributed by atoms with van der Waals surface area (Å²) in [6, 6.07) is 5.45. The van der Waals surface area contributed by atoms with Crippen molar-refractivity contribution in [1.82, 2.24) is 24.5 Å². The molecule has 0 bridgehead atoms. The summed E-state index contributed by atoms with van der Waals surface area (Å²) >= 11 is 0. The summed E-state index contributed by atoms with van der Waals surface area (Å²) < 4.78 is 48.3. The van der Waals surface area contributed by atoms with Crippen molar-refractivity contribution in [1.29, 1.82) is 0 Å². The van der Waals surface area contributed by atoms with Crippen molar-refractivity contribution in [3.05, 3.63) is 42.4 Å². The van der Waals surface area contributed by atoms with Crippen molar-refractivity contribution in [3.8, 4) is 11.3 Å². The van der Waals surface area contributed by atoms with Gasteiger partial charge in [0.25, 0.3) is 0 Å². The van der Waals surface area contributed by atoms with Gasteiger partial charge in [-0.05, 0) is 37.6 Å². The number of fused-ring (bicyclic) bond motifs is 2. The van der Waals surface area contributed by atoms with E-state index in [0.717, 1.165) is 12.1 Å². The molecule has 11 heteroatoms. The molecular formula is C26H28F3N7O. The minimum atomic E-state index is -2.45. The molecule has 3 aliphatic rings. The zero-order valence-corrected chi connectivity index (χ0v) is 20.4. The van der Waals surface area contributed by atoms with Gasteiger partial charge in [-0.15, -0.1) is 5.10 Å². The number of pyridine rings is 1. The fourth-order valence-electron chi connectivity index (χ4n) is 5.35. The lowest BCUT2D eigenvalue weighted by atomic mass is 9.97. The van der Waals surface area contributed by atoms with E-state index >= 15 is 0 Å². The number of alkyl halides is 3. The number of ether oxygens (including phenoxy) is 1. The molecule has 194 valence electrons. The Labute approximate surface area is 212 Å². The minimum absolute atomic E-state index is 0.311. The molecule has 0 saturated carbocycles. The number of nitrogens with one attached hydrogen (secondary N) is 1. The summed E-state index contributed by atoms with van der Waals surface area (Å²) in [5.41, 5.74) is 4.60. The molecule has 8 nitrogen and oxygen atoms in total. The molecule has 2 saturated heterocycles. The van der Waals surface area contributed by atoms with Crippen molar-refractivity contribution in [2.24, 2.45) is 4.99 Å². The Hall–Kier alpha value is -3.31. The molecule has 3 aromatic rings. The third-order valence-electron chi connectivity index (χ3n) is 7.50. The first-order valence-electron chi connectivity index (χ1n) is 12.5. The van der Waals surface area contributed by atoms with E-state index in [9.17, 15) is 13.2 Å². The Morgan fingerprint density at radius 2 is 2.14 bits per heavy atom. The topological polar surface area (TPSA) is 79.9 Å². The Balaban J connectivity index is 1.26. The van der Waals surface area contributed by atoms with Crippen LogP contribution in [0, 0.1) is 0 Å². The second kappa shape index (κ2) is 9.53. The number of halogens is 3. The predicted octanol–water partition coefficient (Wildman–Crippen LogP) is 4.50. The third kappa shape index (κ3) is 4.40. The van der Waals surface area contributed by atoms with Crippen LogP contribution in [-0.2, 0) is 4.74 Å². The van der Waals surface area contributed by atoms with E-state index < -0.39 is 18.5 Å². The summed E-state index contributed by atoms with van der Waals surface area (Å²) in [5.74, 6) is -0.180. The van der Waals surface area contributed by atoms with Crippen LogP contribution in [0.2, 0.25) is 0 Å². The van der Waals surface area contributed by atoms with E-state index in [1.54, 1.807) is 23.7 Å². The standard InChI is InChI=1S/C26H28F3N7O/c1-3-15-8-18(20-4-5-22-25(32-20)17(9-24(28)29)14(2)31-22)23-10-30-26(34-36(15)23)33-21-6-7-35(11-19(21)27)16-12-37-13-16/h3-5,8,10,16-17,19,21,24H,1,6-7,9,11-13H2,2H3,(H,33,34)/t17?,19-,21+/m1/s1. The molecule has 37 heavy (non-hydrogen) atoms. The molecule has 1 N–H and O–H groups in total. The van der Waals surface area contributed by atoms with Gasteiger partial charge in [-0.3, -0.25) is 9.89 Å². The van der Waals surface area contributed by atoms with Crippen LogP contribution in [0.1, 0.15) is 37.1 Å². The average molecular weight is 512 g/mol. The lowest BCUT2D eigenvalue weighted by Gasteiger charge is -2.42. The van der Waals surface area contributed by atoms with Gasteiger partial charge in [0, 0.05) is 36.7 Å². The van der Waals surface area contributed by atoms with Crippen LogP contribution in [-0.4, -0.2) is 81.2 Å². The first-order valence-corrected chi connectivity index (χ1v) is 12.5. The van der Waals surface area contributed by atoms with Gasteiger partial charge in [-0.2, -0.15) is 0 Å². The molecule has 3 atom stereocenters. The first kappa shape index (κ1) is 24.1. The van der Waals surface area contributed by atoms with Crippen LogP contribution in [0.15, 0.2) is 36.0 Å². The predicted molar refractivity (Wildman–Crippen MR) is 136 cm³/mol. The smallest absolute Gasteiger partial charge is 0.241 e. The van der Waals surface area contributed by atoms with Crippen molar-refractivity contribution >= 4 is 28.9 Å². The second-order valence-electron chi connectivity index (χ2n) is 9.84. The largest absolute Gasteiger partial charge is 0.378 e. The molecule has 1 unspecified atom stereocenters. The lowest BCUT2D eigenvalue weighted by molar-refractivity contribution is -0.0794. The average Bonchev–Trinajstić information content (AvgIpc) is 3.36. The maximum absolute atomic E-state index is 14.9. The van der Waals surface area contributed by atoms with Gasteiger partial charge in [0.2, 0.25) is 12.4 Å². The maximum atomic E-state index is 14.9. The number of hydrogen-bond donors (Lipinski definition) is 1. The molecule has 6 rings (SSSR count). The highest BCUT2D eigenvalue weighted by molar-refractivity contribution is 5.96. The number of likely N-dealkylation sites (tertiary alicyclic amines) is 1. The van der Waals surface area contributed by atoms with Crippen LogP contribution in [0.5, 0.6) is 0 Å². The number of hydrogen-bond acceptors (Lipinski definition) is 7. The van der Waals surface area contributed by atoms with Crippen LogP contribution >= 0.6 is 0 Å². The number of nitrogens with zero attached hydrogens (tertiary/aromatic N) is 6. The van der Waals surface area contributed by atoms with Gasteiger partial charge in [0.1, 0.15) is 6.17 Å². The molecule has 2 fully saturated rings. The van der Waals surface area contributed by atoms with Gasteiger partial charge in [0.15, 0.2) is 0 Å². The normalized spacial score (nSPS) is 24.2. The quantitative estimate of drug-likeness (QED) is 0.503. The Morgan fingerprint density at radius 1 is 1.30 bits per heavy atom. The molecular weight excluding hydrogens is 483 g/mol. The highest BCUT2D eigenvalue weighted by Gasteiger charge is 2.36. The van der Waals surface area contributed by atoms with E-state index in [0.29, 0.717) is 72.2 Å². The maximum Gasteiger partial charge on any atom is 0.241 e. The summed E-state index contributed by atoms with van der Waals surface area (Å²) in [6.07, 6.45) is 0.176. The van der Waals surface area contributed by atoms with Gasteiger partial charge >= 0.3 is 0 Å². The molecule has 6 heterocycles. The van der Waals surface area contributed by atoms with Gasteiger partial charge in [0.05, 0.1) is 59.8 Å². The highest BCUT2D eigenvalue weighted by Crippen LogP contribution is 2.39. The van der Waals surface area contributed by atoms with Crippen LogP contribution in [0.3, 0.4) is 0 Å². The van der Waals surface area contributed by atoms with E-state index in [2.05, 4.69) is 31.9 Å².